The lowest BCUT2D eigenvalue weighted by molar-refractivity contribution is 0.101. The van der Waals surface area contributed by atoms with Crippen LogP contribution in [0.1, 0.15) is 46.6 Å². The number of hydrogen-bond donors (Lipinski definition) is 0. The van der Waals surface area contributed by atoms with Crippen LogP contribution in [0.15, 0.2) is 35.5 Å². The van der Waals surface area contributed by atoms with Crippen LogP contribution in [0.4, 0.5) is 5.69 Å². The number of aliphatic imine (C=N–C) groups is 1. The lowest BCUT2D eigenvalue weighted by Crippen LogP contribution is -2.00. The van der Waals surface area contributed by atoms with Crippen molar-refractivity contribution in [3.05, 3.63) is 58.4 Å². The molecule has 0 aliphatic rings. The van der Waals surface area contributed by atoms with Crippen molar-refractivity contribution in [2.24, 2.45) is 4.99 Å². The minimum absolute atomic E-state index is 0.0265. The van der Waals surface area contributed by atoms with Crippen molar-refractivity contribution in [3.8, 4) is 0 Å². The Morgan fingerprint density at radius 3 is 2.14 bits per heavy atom. The number of aromatic nitrogens is 1. The van der Waals surface area contributed by atoms with Gasteiger partial charge in [-0.1, -0.05) is 17.7 Å². The van der Waals surface area contributed by atoms with Crippen LogP contribution in [-0.4, -0.2) is 16.5 Å². The molecule has 1 aromatic heterocycles. The van der Waals surface area contributed by atoms with Crippen LogP contribution in [0.5, 0.6) is 0 Å². The lowest BCUT2D eigenvalue weighted by Gasteiger charge is -2.08. The quantitative estimate of drug-likeness (QED) is 0.619. The van der Waals surface area contributed by atoms with Gasteiger partial charge in [0.15, 0.2) is 5.78 Å². The van der Waals surface area contributed by atoms with E-state index in [0.717, 1.165) is 17.0 Å². The van der Waals surface area contributed by atoms with Gasteiger partial charge in [0.2, 0.25) is 0 Å². The van der Waals surface area contributed by atoms with Crippen LogP contribution in [0.25, 0.3) is 0 Å². The van der Waals surface area contributed by atoms with Crippen molar-refractivity contribution in [2.45, 2.75) is 34.6 Å². The minimum Gasteiger partial charge on any atom is -0.293 e. The first-order chi connectivity index (χ1) is 9.88. The maximum Gasteiger partial charge on any atom is 0.178 e. The van der Waals surface area contributed by atoms with Gasteiger partial charge < -0.3 is 0 Å². The number of hydrogen-bond acceptors (Lipinski definition) is 3. The Hall–Kier alpha value is -2.29. The topological polar surface area (TPSA) is 42.3 Å². The maximum absolute atomic E-state index is 11.2. The number of ketones is 1. The van der Waals surface area contributed by atoms with Crippen LogP contribution in [0.3, 0.4) is 0 Å². The Morgan fingerprint density at radius 1 is 1.05 bits per heavy atom. The molecule has 3 nitrogen and oxygen atoms in total. The van der Waals surface area contributed by atoms with Crippen LogP contribution in [-0.2, 0) is 0 Å². The third kappa shape index (κ3) is 3.43. The van der Waals surface area contributed by atoms with Crippen LogP contribution >= 0.6 is 0 Å². The molecule has 2 aromatic rings. The highest BCUT2D eigenvalue weighted by Crippen LogP contribution is 2.25. The number of carbonyl (C=O) groups excluding carboxylic acids is 1. The molecule has 3 heteroatoms. The smallest absolute Gasteiger partial charge is 0.178 e. The highest BCUT2D eigenvalue weighted by Gasteiger charge is 2.06. The minimum atomic E-state index is -0.0265. The fraction of sp³-hybridized carbons (Fsp3) is 0.278. The van der Waals surface area contributed by atoms with Crippen molar-refractivity contribution in [1.29, 1.82) is 0 Å². The summed E-state index contributed by atoms with van der Waals surface area (Å²) in [7, 11) is 0. The molecule has 0 unspecified atom stereocenters. The van der Waals surface area contributed by atoms with Crippen molar-refractivity contribution >= 4 is 17.2 Å². The third-order valence-electron chi connectivity index (χ3n) is 3.46. The maximum atomic E-state index is 11.2. The van der Waals surface area contributed by atoms with E-state index in [1.807, 2.05) is 13.0 Å². The molecule has 2 rings (SSSR count). The first-order valence-electron chi connectivity index (χ1n) is 6.99. The predicted molar refractivity (Wildman–Crippen MR) is 86.8 cm³/mol. The van der Waals surface area contributed by atoms with Gasteiger partial charge in [-0.3, -0.25) is 14.8 Å². The number of rotatable bonds is 3. The molecule has 0 spiro atoms. The third-order valence-corrected chi connectivity index (χ3v) is 3.46. The zero-order valence-electron chi connectivity index (χ0n) is 13.2. The predicted octanol–water partition coefficient (Wildman–Crippen LogP) is 4.35. The molecule has 0 amide bonds. The molecule has 0 aliphatic carbocycles. The van der Waals surface area contributed by atoms with Crippen LogP contribution in [0, 0.1) is 20.8 Å². The molecule has 1 heterocycles. The Bertz CT molecular complexity index is 689. The molecule has 21 heavy (non-hydrogen) atoms. The van der Waals surface area contributed by atoms with E-state index < -0.39 is 0 Å². The summed E-state index contributed by atoms with van der Waals surface area (Å²) in [6.45, 7) is 9.71. The van der Waals surface area contributed by atoms with E-state index in [-0.39, 0.29) is 5.78 Å². The molecule has 0 radical (unpaired) electrons. The molecule has 0 saturated heterocycles. The highest BCUT2D eigenvalue weighted by molar-refractivity contribution is 6.01. The van der Waals surface area contributed by atoms with Gasteiger partial charge in [-0.2, -0.15) is 0 Å². The molecule has 0 N–H and O–H groups in total. The zero-order chi connectivity index (χ0) is 15.6. The van der Waals surface area contributed by atoms with Gasteiger partial charge in [0, 0.05) is 24.4 Å². The van der Waals surface area contributed by atoms with Crippen molar-refractivity contribution in [2.75, 3.05) is 0 Å². The van der Waals surface area contributed by atoms with E-state index in [1.54, 1.807) is 12.3 Å². The second-order valence-electron chi connectivity index (χ2n) is 5.43. The van der Waals surface area contributed by atoms with E-state index in [1.165, 1.54) is 23.6 Å². The summed E-state index contributed by atoms with van der Waals surface area (Å²) in [5.74, 6) is -0.0265. The van der Waals surface area contributed by atoms with E-state index in [9.17, 15) is 4.79 Å². The number of benzene rings is 1. The van der Waals surface area contributed by atoms with Gasteiger partial charge in [0.1, 0.15) is 5.69 Å². The summed E-state index contributed by atoms with van der Waals surface area (Å²) in [6, 6.07) is 7.90. The van der Waals surface area contributed by atoms with Crippen molar-refractivity contribution < 1.29 is 4.79 Å². The lowest BCUT2D eigenvalue weighted by atomic mass is 10.0. The summed E-state index contributed by atoms with van der Waals surface area (Å²) in [6.07, 6.45) is 1.70. The first-order valence-corrected chi connectivity index (χ1v) is 6.99. The van der Waals surface area contributed by atoms with E-state index in [0.29, 0.717) is 5.69 Å². The van der Waals surface area contributed by atoms with Gasteiger partial charge in [-0.05, 0) is 51.0 Å². The number of carbonyl (C=O) groups is 1. The Balaban J connectivity index is 2.39. The molecule has 0 atom stereocenters. The molecule has 0 aliphatic heterocycles. The normalized spacial score (nSPS) is 11.6. The molecule has 0 fully saturated rings. The van der Waals surface area contributed by atoms with Gasteiger partial charge >= 0.3 is 0 Å². The fourth-order valence-corrected chi connectivity index (χ4v) is 2.40. The van der Waals surface area contributed by atoms with E-state index in [4.69, 9.17) is 4.99 Å². The van der Waals surface area contributed by atoms with Crippen molar-refractivity contribution in [3.63, 3.8) is 0 Å². The Kier molecular flexibility index (Phi) is 4.32. The number of aryl methyl sites for hydroxylation is 3. The van der Waals surface area contributed by atoms with Crippen LogP contribution in [0.2, 0.25) is 0 Å². The summed E-state index contributed by atoms with van der Waals surface area (Å²) in [4.78, 5) is 20.2. The van der Waals surface area contributed by atoms with Crippen molar-refractivity contribution in [1.82, 2.24) is 4.98 Å². The molecular formula is C18H20N2O. The molecule has 0 bridgehead atoms. The summed E-state index contributed by atoms with van der Waals surface area (Å²) in [5.41, 5.74) is 6.89. The van der Waals surface area contributed by atoms with Gasteiger partial charge in [-0.15, -0.1) is 0 Å². The number of nitrogens with zero attached hydrogens (tertiary/aromatic N) is 2. The fourth-order valence-electron chi connectivity index (χ4n) is 2.40. The molecular weight excluding hydrogens is 260 g/mol. The Labute approximate surface area is 125 Å². The standard InChI is InChI=1S/C18H20N2O/c1-11-8-12(2)18(13(3)9-11)20-14(4)16-6-7-17(15(5)21)19-10-16/h6-10H,1-5H3. The number of Topliss-reactive ketones (excluding diaryl/α,β-unsaturated/α-hetero) is 1. The average Bonchev–Trinajstić information content (AvgIpc) is 2.42. The largest absolute Gasteiger partial charge is 0.293 e. The zero-order valence-corrected chi connectivity index (χ0v) is 13.2. The van der Waals surface area contributed by atoms with Crippen LogP contribution < -0.4 is 0 Å². The highest BCUT2D eigenvalue weighted by atomic mass is 16.1. The van der Waals surface area contributed by atoms with Gasteiger partial charge in [0.05, 0.1) is 5.69 Å². The van der Waals surface area contributed by atoms with E-state index in [2.05, 4.69) is 37.9 Å². The number of pyridine rings is 1. The summed E-state index contributed by atoms with van der Waals surface area (Å²) >= 11 is 0. The monoisotopic (exact) mass is 280 g/mol. The second kappa shape index (κ2) is 6.00. The van der Waals surface area contributed by atoms with Gasteiger partial charge in [0.25, 0.3) is 0 Å². The van der Waals surface area contributed by atoms with Gasteiger partial charge in [-0.25, -0.2) is 0 Å². The van der Waals surface area contributed by atoms with E-state index >= 15 is 0 Å². The molecule has 1 aromatic carbocycles. The average molecular weight is 280 g/mol. The SMILES string of the molecule is CC(=O)c1ccc(C(C)=Nc2c(C)cc(C)cc2C)cn1. The molecule has 0 saturated carbocycles. The molecule has 108 valence electrons. The summed E-state index contributed by atoms with van der Waals surface area (Å²) < 4.78 is 0. The first kappa shape index (κ1) is 15.1. The summed E-state index contributed by atoms with van der Waals surface area (Å²) in [5, 5.41) is 0. The second-order valence-corrected chi connectivity index (χ2v) is 5.43. The Morgan fingerprint density at radius 2 is 1.67 bits per heavy atom.